The van der Waals surface area contributed by atoms with Gasteiger partial charge in [-0.1, -0.05) is 18.2 Å². The normalized spacial score (nSPS) is 14.8. The zero-order valence-corrected chi connectivity index (χ0v) is 13.1. The van der Waals surface area contributed by atoms with E-state index in [1.54, 1.807) is 18.3 Å². The van der Waals surface area contributed by atoms with Gasteiger partial charge in [0, 0.05) is 36.5 Å². The molecule has 24 heavy (non-hydrogen) atoms. The van der Waals surface area contributed by atoms with Gasteiger partial charge in [-0.2, -0.15) is 5.10 Å². The molecular weight excluding hydrogens is 308 g/mol. The van der Waals surface area contributed by atoms with Crippen molar-refractivity contribution in [3.05, 3.63) is 64.2 Å². The Hall–Kier alpha value is -2.93. The second kappa shape index (κ2) is 7.56. The molecule has 0 unspecified atom stereocenters. The van der Waals surface area contributed by atoms with Crippen molar-refractivity contribution in [2.45, 2.75) is 0 Å². The maximum Gasteiger partial charge on any atom is 0.269 e. The van der Waals surface area contributed by atoms with E-state index in [0.717, 1.165) is 37.6 Å². The number of morpholine rings is 1. The predicted molar refractivity (Wildman–Crippen MR) is 93.8 cm³/mol. The Balaban J connectivity index is 1.69. The third-order valence-corrected chi connectivity index (χ3v) is 3.76. The molecule has 0 atom stereocenters. The molecule has 7 heteroatoms. The third kappa shape index (κ3) is 3.88. The van der Waals surface area contributed by atoms with E-state index < -0.39 is 4.92 Å². The summed E-state index contributed by atoms with van der Waals surface area (Å²) in [5.74, 6) is 0. The highest BCUT2D eigenvalue weighted by Crippen LogP contribution is 2.20. The lowest BCUT2D eigenvalue weighted by Crippen LogP contribution is -2.36. The predicted octanol–water partition coefficient (Wildman–Crippen LogP) is 2.88. The number of nitrogens with one attached hydrogen (secondary N) is 1. The number of para-hydroxylation sites is 1. The maximum atomic E-state index is 10.6. The van der Waals surface area contributed by atoms with E-state index in [9.17, 15) is 10.1 Å². The zero-order valence-electron chi connectivity index (χ0n) is 13.1. The van der Waals surface area contributed by atoms with E-state index in [2.05, 4.69) is 21.5 Å². The van der Waals surface area contributed by atoms with Crippen molar-refractivity contribution >= 4 is 23.3 Å². The van der Waals surface area contributed by atoms with Crippen LogP contribution in [0.5, 0.6) is 0 Å². The highest BCUT2D eigenvalue weighted by atomic mass is 16.6. The van der Waals surface area contributed by atoms with Gasteiger partial charge in [-0.3, -0.25) is 15.5 Å². The first-order valence-electron chi connectivity index (χ1n) is 7.69. The molecule has 2 aromatic rings. The van der Waals surface area contributed by atoms with Gasteiger partial charge < -0.3 is 9.64 Å². The van der Waals surface area contributed by atoms with Gasteiger partial charge in [-0.25, -0.2) is 0 Å². The molecule has 0 aromatic heterocycles. The Bertz CT molecular complexity index is 725. The minimum absolute atomic E-state index is 0.0576. The summed E-state index contributed by atoms with van der Waals surface area (Å²) in [6, 6.07) is 14.2. The van der Waals surface area contributed by atoms with Crippen molar-refractivity contribution in [3.63, 3.8) is 0 Å². The van der Waals surface area contributed by atoms with Gasteiger partial charge in [0.2, 0.25) is 0 Å². The highest BCUT2D eigenvalue weighted by molar-refractivity contribution is 5.88. The minimum atomic E-state index is -0.425. The molecule has 0 saturated carbocycles. The summed E-state index contributed by atoms with van der Waals surface area (Å²) in [5, 5.41) is 14.9. The van der Waals surface area contributed by atoms with Crippen LogP contribution in [-0.4, -0.2) is 37.4 Å². The smallest absolute Gasteiger partial charge is 0.269 e. The fourth-order valence-electron chi connectivity index (χ4n) is 2.52. The number of nitro groups is 1. The molecule has 1 N–H and O–H groups in total. The van der Waals surface area contributed by atoms with Crippen LogP contribution >= 0.6 is 0 Å². The molecule has 7 nitrogen and oxygen atoms in total. The largest absolute Gasteiger partial charge is 0.378 e. The average Bonchev–Trinajstić information content (AvgIpc) is 2.63. The van der Waals surface area contributed by atoms with E-state index in [4.69, 9.17) is 4.74 Å². The van der Waals surface area contributed by atoms with Crippen molar-refractivity contribution in [2.24, 2.45) is 5.10 Å². The second-order valence-electron chi connectivity index (χ2n) is 5.33. The Labute approximate surface area is 139 Å². The number of rotatable bonds is 5. The standard InChI is InChI=1S/C17H18N4O3/c22-21(23)16-7-5-15(6-8-16)19-18-13-14-3-1-2-4-17(14)20-9-11-24-12-10-20/h1-8,13,19H,9-12H2/b18-13-. The van der Waals surface area contributed by atoms with E-state index in [1.807, 2.05) is 18.2 Å². The van der Waals surface area contributed by atoms with Crippen LogP contribution in [0.2, 0.25) is 0 Å². The quantitative estimate of drug-likeness (QED) is 0.519. The molecule has 0 bridgehead atoms. The van der Waals surface area contributed by atoms with Gasteiger partial charge in [0.25, 0.3) is 5.69 Å². The highest BCUT2D eigenvalue weighted by Gasteiger charge is 2.13. The van der Waals surface area contributed by atoms with Gasteiger partial charge in [0.1, 0.15) is 0 Å². The zero-order chi connectivity index (χ0) is 16.8. The SMILES string of the molecule is O=[N+]([O-])c1ccc(N/N=C\c2ccccc2N2CCOCC2)cc1. The van der Waals surface area contributed by atoms with Crippen LogP contribution in [0.25, 0.3) is 0 Å². The van der Waals surface area contributed by atoms with Crippen molar-refractivity contribution in [3.8, 4) is 0 Å². The number of nitro benzene ring substituents is 1. The van der Waals surface area contributed by atoms with Gasteiger partial charge >= 0.3 is 0 Å². The molecule has 0 radical (unpaired) electrons. The summed E-state index contributed by atoms with van der Waals surface area (Å²) in [5.41, 5.74) is 5.77. The Morgan fingerprint density at radius 1 is 1.12 bits per heavy atom. The fourth-order valence-corrected chi connectivity index (χ4v) is 2.52. The average molecular weight is 326 g/mol. The van der Waals surface area contributed by atoms with Crippen LogP contribution in [0.15, 0.2) is 53.6 Å². The molecule has 1 aliphatic rings. The summed E-state index contributed by atoms with van der Waals surface area (Å²) < 4.78 is 5.39. The summed E-state index contributed by atoms with van der Waals surface area (Å²) >= 11 is 0. The maximum absolute atomic E-state index is 10.6. The number of benzene rings is 2. The molecular formula is C17H18N4O3. The van der Waals surface area contributed by atoms with Crippen molar-refractivity contribution in [1.29, 1.82) is 0 Å². The summed E-state index contributed by atoms with van der Waals surface area (Å²) in [6.45, 7) is 3.18. The molecule has 124 valence electrons. The molecule has 0 amide bonds. The van der Waals surface area contributed by atoms with Crippen molar-refractivity contribution < 1.29 is 9.66 Å². The van der Waals surface area contributed by atoms with E-state index in [-0.39, 0.29) is 5.69 Å². The number of hydrogen-bond donors (Lipinski definition) is 1. The minimum Gasteiger partial charge on any atom is -0.378 e. The number of hydrogen-bond acceptors (Lipinski definition) is 6. The van der Waals surface area contributed by atoms with Crippen LogP contribution in [-0.2, 0) is 4.74 Å². The summed E-state index contributed by atoms with van der Waals surface area (Å²) in [7, 11) is 0. The van der Waals surface area contributed by atoms with Crippen molar-refractivity contribution in [1.82, 2.24) is 0 Å². The van der Waals surface area contributed by atoms with Crippen molar-refractivity contribution in [2.75, 3.05) is 36.6 Å². The Morgan fingerprint density at radius 2 is 1.83 bits per heavy atom. The molecule has 2 aromatic carbocycles. The number of nitrogens with zero attached hydrogens (tertiary/aromatic N) is 3. The monoisotopic (exact) mass is 326 g/mol. The lowest BCUT2D eigenvalue weighted by Gasteiger charge is -2.29. The van der Waals surface area contributed by atoms with E-state index in [1.165, 1.54) is 12.1 Å². The first kappa shape index (κ1) is 15.9. The Kier molecular flexibility index (Phi) is 5.02. The Morgan fingerprint density at radius 3 is 2.54 bits per heavy atom. The molecule has 3 rings (SSSR count). The number of anilines is 2. The summed E-state index contributed by atoms with van der Waals surface area (Å²) in [4.78, 5) is 12.5. The summed E-state index contributed by atoms with van der Waals surface area (Å²) in [6.07, 6.45) is 1.76. The second-order valence-corrected chi connectivity index (χ2v) is 5.33. The molecule has 1 heterocycles. The topological polar surface area (TPSA) is 80.0 Å². The van der Waals surface area contributed by atoms with Crippen LogP contribution in [0, 0.1) is 10.1 Å². The van der Waals surface area contributed by atoms with Crippen LogP contribution in [0.4, 0.5) is 17.1 Å². The fraction of sp³-hybridized carbons (Fsp3) is 0.235. The number of non-ortho nitro benzene ring substituents is 1. The van der Waals surface area contributed by atoms with E-state index >= 15 is 0 Å². The van der Waals surface area contributed by atoms with Gasteiger partial charge in [-0.15, -0.1) is 0 Å². The van der Waals surface area contributed by atoms with Gasteiger partial charge in [0.15, 0.2) is 0 Å². The third-order valence-electron chi connectivity index (χ3n) is 3.76. The lowest BCUT2D eigenvalue weighted by molar-refractivity contribution is -0.384. The van der Waals surface area contributed by atoms with Gasteiger partial charge in [0.05, 0.1) is 30.0 Å². The molecule has 1 fully saturated rings. The number of hydrazone groups is 1. The van der Waals surface area contributed by atoms with E-state index in [0.29, 0.717) is 5.69 Å². The van der Waals surface area contributed by atoms with Crippen LogP contribution in [0.1, 0.15) is 5.56 Å². The first-order valence-corrected chi connectivity index (χ1v) is 7.69. The molecule has 1 saturated heterocycles. The molecule has 0 spiro atoms. The molecule has 0 aliphatic carbocycles. The van der Waals surface area contributed by atoms with Crippen LogP contribution in [0.3, 0.4) is 0 Å². The lowest BCUT2D eigenvalue weighted by atomic mass is 10.1. The first-order chi connectivity index (χ1) is 11.7. The number of ether oxygens (including phenoxy) is 1. The van der Waals surface area contributed by atoms with Gasteiger partial charge in [-0.05, 0) is 18.2 Å². The molecule has 1 aliphatic heterocycles. The van der Waals surface area contributed by atoms with Crippen LogP contribution < -0.4 is 10.3 Å².